The van der Waals surface area contributed by atoms with Crippen LogP contribution in [0.2, 0.25) is 0 Å². The maximum absolute atomic E-state index is 14.9. The smallest absolute Gasteiger partial charge is 0.171 e. The molecule has 0 aromatic heterocycles. The van der Waals surface area contributed by atoms with Crippen molar-refractivity contribution in [2.75, 3.05) is 42.7 Å². The van der Waals surface area contributed by atoms with Gasteiger partial charge in [-0.25, -0.2) is 8.42 Å². The lowest BCUT2D eigenvalue weighted by atomic mass is 10.1. The summed E-state index contributed by atoms with van der Waals surface area (Å²) >= 11 is 0. The third kappa shape index (κ3) is 7.44. The van der Waals surface area contributed by atoms with Gasteiger partial charge in [-0.05, 0) is 47.5 Å². The molecule has 0 heterocycles. The number of sulfone groups is 1. The van der Waals surface area contributed by atoms with E-state index in [1.807, 2.05) is 24.3 Å². The molecule has 45 heavy (non-hydrogen) atoms. The molecule has 0 saturated carbocycles. The van der Waals surface area contributed by atoms with E-state index in [0.717, 1.165) is 0 Å². The largest absolute Gasteiger partial charge is 0.497 e. The highest BCUT2D eigenvalue weighted by molar-refractivity contribution is 7.92. The fourth-order valence-corrected chi connectivity index (χ4v) is 7.02. The lowest BCUT2D eigenvalue weighted by molar-refractivity contribution is 0.354. The molecule has 4 rings (SSSR count). The summed E-state index contributed by atoms with van der Waals surface area (Å²) in [6.07, 6.45) is 6.83. The first-order valence-electron chi connectivity index (χ1n) is 14.1. The van der Waals surface area contributed by atoms with Crippen molar-refractivity contribution in [1.82, 2.24) is 0 Å². The van der Waals surface area contributed by atoms with Crippen molar-refractivity contribution in [3.63, 3.8) is 0 Å². The number of hydrogen-bond acceptors (Lipinski definition) is 8. The van der Waals surface area contributed by atoms with Crippen LogP contribution in [0.3, 0.4) is 0 Å². The van der Waals surface area contributed by atoms with Crippen LogP contribution in [0, 0.1) is 0 Å². The van der Waals surface area contributed by atoms with E-state index in [-0.39, 0.29) is 0 Å². The Labute approximate surface area is 265 Å². The number of rotatable bonds is 14. The fraction of sp³-hybridized carbons (Fsp3) is 0.222. The molecular weight excluding hydrogens is 592 g/mol. The SMILES string of the molecule is COc1ccc(C(/C=C/c2cccc(OC)c2OC)S(=O)(=O)C(/C=C/c2cccc(OC)c2OC)c2ccc(OC)cc2)cc1. The van der Waals surface area contributed by atoms with Crippen LogP contribution in [0.4, 0.5) is 0 Å². The maximum atomic E-state index is 14.9. The Balaban J connectivity index is 1.90. The Kier molecular flexibility index (Phi) is 11.2. The summed E-state index contributed by atoms with van der Waals surface area (Å²) in [4.78, 5) is 0. The van der Waals surface area contributed by atoms with Crippen molar-refractivity contribution >= 4 is 22.0 Å². The average Bonchev–Trinajstić information content (AvgIpc) is 3.08. The summed E-state index contributed by atoms with van der Waals surface area (Å²) < 4.78 is 62.5. The molecule has 0 fully saturated rings. The zero-order valence-corrected chi connectivity index (χ0v) is 27.0. The third-order valence-corrected chi connectivity index (χ3v) is 9.64. The van der Waals surface area contributed by atoms with Gasteiger partial charge in [0.05, 0.1) is 42.7 Å². The van der Waals surface area contributed by atoms with Gasteiger partial charge in [0.25, 0.3) is 0 Å². The number of benzene rings is 4. The molecule has 2 atom stereocenters. The summed E-state index contributed by atoms with van der Waals surface area (Å²) in [5.41, 5.74) is 2.48. The van der Waals surface area contributed by atoms with E-state index in [1.165, 1.54) is 0 Å². The van der Waals surface area contributed by atoms with Gasteiger partial charge in [0.15, 0.2) is 32.8 Å². The van der Waals surface area contributed by atoms with E-state index < -0.39 is 20.3 Å². The molecule has 0 aliphatic rings. The summed E-state index contributed by atoms with van der Waals surface area (Å²) in [6.45, 7) is 0. The minimum Gasteiger partial charge on any atom is -0.497 e. The lowest BCUT2D eigenvalue weighted by Gasteiger charge is -2.22. The van der Waals surface area contributed by atoms with Gasteiger partial charge >= 0.3 is 0 Å². The first-order valence-corrected chi connectivity index (χ1v) is 15.7. The van der Waals surface area contributed by atoms with E-state index in [4.69, 9.17) is 28.4 Å². The first-order chi connectivity index (χ1) is 21.8. The van der Waals surface area contributed by atoms with Crippen LogP contribution in [0.1, 0.15) is 32.8 Å². The van der Waals surface area contributed by atoms with Gasteiger partial charge in [0.2, 0.25) is 0 Å². The minimum atomic E-state index is -4.02. The Bertz CT molecular complexity index is 1600. The van der Waals surface area contributed by atoms with Crippen molar-refractivity contribution < 1.29 is 36.8 Å². The van der Waals surface area contributed by atoms with Gasteiger partial charge in [-0.3, -0.25) is 0 Å². The second kappa shape index (κ2) is 15.2. The van der Waals surface area contributed by atoms with Crippen molar-refractivity contribution in [3.05, 3.63) is 119 Å². The van der Waals surface area contributed by atoms with Gasteiger partial charge in [0.1, 0.15) is 22.0 Å². The molecule has 2 unspecified atom stereocenters. The van der Waals surface area contributed by atoms with Crippen LogP contribution >= 0.6 is 0 Å². The molecule has 0 aliphatic heterocycles. The summed E-state index contributed by atoms with van der Waals surface area (Å²) in [7, 11) is 5.31. The highest BCUT2D eigenvalue weighted by atomic mass is 32.2. The van der Waals surface area contributed by atoms with Crippen molar-refractivity contribution in [2.24, 2.45) is 0 Å². The second-order valence-electron chi connectivity index (χ2n) is 9.86. The highest BCUT2D eigenvalue weighted by Crippen LogP contribution is 2.40. The van der Waals surface area contributed by atoms with Crippen LogP contribution < -0.4 is 28.4 Å². The zero-order chi connectivity index (χ0) is 32.4. The Morgan fingerprint density at radius 3 is 1.18 bits per heavy atom. The van der Waals surface area contributed by atoms with E-state index in [2.05, 4.69) is 0 Å². The molecular formula is C36H38O8S. The standard InChI is InChI=1S/C36H38O8S/c1-39-29-19-13-25(14-20-29)33(23-17-27-9-7-11-31(41-3)35(27)43-5)45(37,38)34(26-15-21-30(40-2)22-16-26)24-18-28-10-8-12-32(42-4)36(28)44-6/h7-24,33-34H,1-6H3/b23-17+,24-18+. The molecule has 4 aromatic carbocycles. The van der Waals surface area contributed by atoms with Crippen LogP contribution in [0.15, 0.2) is 97.1 Å². The van der Waals surface area contributed by atoms with Crippen LogP contribution in [-0.2, 0) is 9.84 Å². The van der Waals surface area contributed by atoms with Crippen molar-refractivity contribution in [1.29, 1.82) is 0 Å². The minimum absolute atomic E-state index is 0.499. The Morgan fingerprint density at radius 1 is 0.489 bits per heavy atom. The zero-order valence-electron chi connectivity index (χ0n) is 26.2. The van der Waals surface area contributed by atoms with Gasteiger partial charge < -0.3 is 28.4 Å². The molecule has 0 bridgehead atoms. The molecule has 236 valence electrons. The van der Waals surface area contributed by atoms with E-state index in [1.54, 1.807) is 128 Å². The summed E-state index contributed by atoms with van der Waals surface area (Å²) in [6, 6.07) is 24.9. The third-order valence-electron chi connectivity index (χ3n) is 7.36. The average molecular weight is 631 g/mol. The van der Waals surface area contributed by atoms with Crippen LogP contribution in [-0.4, -0.2) is 51.1 Å². The van der Waals surface area contributed by atoms with Gasteiger partial charge in [-0.2, -0.15) is 0 Å². The summed E-state index contributed by atoms with van der Waals surface area (Å²) in [5, 5.41) is -2.11. The highest BCUT2D eigenvalue weighted by Gasteiger charge is 2.34. The molecule has 0 saturated heterocycles. The maximum Gasteiger partial charge on any atom is 0.171 e. The molecule has 9 heteroatoms. The molecule has 8 nitrogen and oxygen atoms in total. The Hall–Kier alpha value is -4.89. The molecule has 0 amide bonds. The fourth-order valence-electron chi connectivity index (χ4n) is 5.03. The van der Waals surface area contributed by atoms with Crippen molar-refractivity contribution in [2.45, 2.75) is 10.5 Å². The van der Waals surface area contributed by atoms with Gasteiger partial charge in [0, 0.05) is 11.1 Å². The molecule has 0 N–H and O–H groups in total. The predicted octanol–water partition coefficient (Wildman–Crippen LogP) is 7.36. The molecule has 0 aliphatic carbocycles. The number of hydrogen-bond donors (Lipinski definition) is 0. The predicted molar refractivity (Wildman–Crippen MR) is 178 cm³/mol. The quantitative estimate of drug-likeness (QED) is 0.143. The monoisotopic (exact) mass is 630 g/mol. The number of methoxy groups -OCH3 is 6. The lowest BCUT2D eigenvalue weighted by Crippen LogP contribution is -2.19. The van der Waals surface area contributed by atoms with Gasteiger partial charge in [-0.1, -0.05) is 72.8 Å². The topological polar surface area (TPSA) is 89.5 Å². The Morgan fingerprint density at radius 2 is 0.867 bits per heavy atom. The normalized spacial score (nSPS) is 12.9. The van der Waals surface area contributed by atoms with Crippen molar-refractivity contribution in [3.8, 4) is 34.5 Å². The van der Waals surface area contributed by atoms with E-state index in [9.17, 15) is 8.42 Å². The second-order valence-corrected chi connectivity index (χ2v) is 12.1. The molecule has 4 aromatic rings. The van der Waals surface area contributed by atoms with Crippen LogP contribution in [0.25, 0.3) is 12.2 Å². The molecule has 0 radical (unpaired) electrons. The number of para-hydroxylation sites is 2. The van der Waals surface area contributed by atoms with E-state index in [0.29, 0.717) is 56.8 Å². The number of ether oxygens (including phenoxy) is 6. The van der Waals surface area contributed by atoms with Gasteiger partial charge in [-0.15, -0.1) is 0 Å². The van der Waals surface area contributed by atoms with E-state index >= 15 is 0 Å². The van der Waals surface area contributed by atoms with Crippen LogP contribution in [0.5, 0.6) is 34.5 Å². The summed E-state index contributed by atoms with van der Waals surface area (Å²) in [5.74, 6) is 3.30. The molecule has 0 spiro atoms. The first kappa shape index (κ1) is 33.0.